The van der Waals surface area contributed by atoms with Crippen LogP contribution >= 0.6 is 23.2 Å². The summed E-state index contributed by atoms with van der Waals surface area (Å²) in [6.45, 7) is 0. The van der Waals surface area contributed by atoms with Crippen LogP contribution in [0.2, 0.25) is 10.0 Å². The van der Waals surface area contributed by atoms with Crippen LogP contribution in [0, 0.1) is 45.3 Å². The van der Waals surface area contributed by atoms with Crippen molar-refractivity contribution >= 4 is 23.2 Å². The number of halogens is 2. The van der Waals surface area contributed by atoms with Gasteiger partial charge >= 0.3 is 0 Å². The summed E-state index contributed by atoms with van der Waals surface area (Å²) in [6, 6.07) is 11.3. The lowest BCUT2D eigenvalue weighted by molar-refractivity contribution is 0.317. The normalized spacial score (nSPS) is 24.4. The van der Waals surface area contributed by atoms with E-state index in [1.54, 1.807) is 18.2 Å². The van der Waals surface area contributed by atoms with Crippen molar-refractivity contribution in [3.8, 4) is 18.2 Å². The molecular weight excluding hydrogens is 355 g/mol. The highest BCUT2D eigenvalue weighted by atomic mass is 35.5. The molecule has 0 saturated carbocycles. The zero-order chi connectivity index (χ0) is 18.2. The summed E-state index contributed by atoms with van der Waals surface area (Å²) in [4.78, 5) is 0. The first kappa shape index (κ1) is 17.4. The van der Waals surface area contributed by atoms with Crippen LogP contribution in [-0.4, -0.2) is 0 Å². The summed E-state index contributed by atoms with van der Waals surface area (Å²) in [5.74, 6) is -0.704. The highest BCUT2D eigenvalue weighted by Gasteiger charge is 2.54. The Hall–Kier alpha value is -2.45. The van der Waals surface area contributed by atoms with Gasteiger partial charge in [-0.15, -0.1) is 0 Å². The number of nitrogens with zero attached hydrogens (tertiary/aromatic N) is 3. The van der Waals surface area contributed by atoms with Crippen LogP contribution in [0.25, 0.3) is 0 Å². The van der Waals surface area contributed by atoms with Gasteiger partial charge in [-0.2, -0.15) is 15.8 Å². The highest BCUT2D eigenvalue weighted by molar-refractivity contribution is 6.35. The van der Waals surface area contributed by atoms with Gasteiger partial charge in [-0.05, 0) is 48.4 Å². The average Bonchev–Trinajstić information content (AvgIpc) is 2.62. The van der Waals surface area contributed by atoms with Crippen molar-refractivity contribution in [2.45, 2.75) is 25.2 Å². The third-order valence-electron chi connectivity index (χ3n) is 5.10. The zero-order valence-corrected chi connectivity index (χ0v) is 14.8. The van der Waals surface area contributed by atoms with Crippen molar-refractivity contribution < 1.29 is 0 Å². The van der Waals surface area contributed by atoms with Crippen LogP contribution in [0.3, 0.4) is 0 Å². The molecule has 3 rings (SSSR count). The van der Waals surface area contributed by atoms with E-state index >= 15 is 0 Å². The van der Waals surface area contributed by atoms with Gasteiger partial charge in [0.25, 0.3) is 0 Å². The Morgan fingerprint density at radius 3 is 2.48 bits per heavy atom. The quantitative estimate of drug-likeness (QED) is 0.783. The van der Waals surface area contributed by atoms with E-state index in [-0.39, 0.29) is 17.2 Å². The van der Waals surface area contributed by atoms with Crippen molar-refractivity contribution in [1.29, 1.82) is 15.8 Å². The zero-order valence-electron chi connectivity index (χ0n) is 13.3. The first-order chi connectivity index (χ1) is 12.0. The number of benzene rings is 1. The first-order valence-corrected chi connectivity index (χ1v) is 8.64. The predicted molar refractivity (Wildman–Crippen MR) is 95.1 cm³/mol. The molecule has 2 atom stereocenters. The molecule has 0 spiro atoms. The molecule has 2 aliphatic rings. The Bertz CT molecular complexity index is 910. The van der Waals surface area contributed by atoms with Crippen LogP contribution < -0.4 is 5.73 Å². The maximum atomic E-state index is 9.91. The Labute approximate surface area is 156 Å². The van der Waals surface area contributed by atoms with Crippen molar-refractivity contribution in [2.75, 3.05) is 0 Å². The maximum absolute atomic E-state index is 9.91. The third-order valence-corrected chi connectivity index (χ3v) is 5.66. The molecule has 25 heavy (non-hydrogen) atoms. The number of hydrogen-bond donors (Lipinski definition) is 1. The monoisotopic (exact) mass is 368 g/mol. The van der Waals surface area contributed by atoms with Crippen molar-refractivity contribution in [2.24, 2.45) is 17.1 Å². The third kappa shape index (κ3) is 2.49. The van der Waals surface area contributed by atoms with E-state index in [0.717, 1.165) is 24.8 Å². The van der Waals surface area contributed by atoms with Gasteiger partial charge in [0.1, 0.15) is 6.07 Å². The number of hydrogen-bond acceptors (Lipinski definition) is 4. The smallest absolute Gasteiger partial charge is 0.191 e. The fourth-order valence-corrected chi connectivity index (χ4v) is 4.50. The minimum atomic E-state index is -1.64. The Kier molecular flexibility index (Phi) is 4.49. The Balaban J connectivity index is 2.36. The average molecular weight is 369 g/mol. The van der Waals surface area contributed by atoms with Gasteiger partial charge in [-0.3, -0.25) is 0 Å². The van der Waals surface area contributed by atoms with Gasteiger partial charge in [0.15, 0.2) is 5.41 Å². The molecule has 0 amide bonds. The SMILES string of the molecule is N#CC1=C(N)C(C#N)(C#N)[C@H](c2ccc(Cl)cc2Cl)[C@H]2CCCC=C12. The molecule has 0 fully saturated rings. The van der Waals surface area contributed by atoms with E-state index in [1.807, 2.05) is 6.08 Å². The van der Waals surface area contributed by atoms with Crippen LogP contribution in [0.4, 0.5) is 0 Å². The molecule has 1 aromatic rings. The lowest BCUT2D eigenvalue weighted by Crippen LogP contribution is -2.42. The number of rotatable bonds is 1. The molecule has 0 saturated heterocycles. The van der Waals surface area contributed by atoms with E-state index in [9.17, 15) is 15.8 Å². The molecular formula is C19H14Cl2N4. The summed E-state index contributed by atoms with van der Waals surface area (Å²) in [6.07, 6.45) is 4.52. The fourth-order valence-electron chi connectivity index (χ4n) is 3.97. The molecule has 124 valence electrons. The van der Waals surface area contributed by atoms with Crippen LogP contribution in [-0.2, 0) is 0 Å². The topological polar surface area (TPSA) is 97.4 Å². The van der Waals surface area contributed by atoms with Gasteiger partial charge in [0.05, 0.1) is 23.4 Å². The van der Waals surface area contributed by atoms with Gasteiger partial charge < -0.3 is 5.73 Å². The van der Waals surface area contributed by atoms with Gasteiger partial charge in [-0.1, -0.05) is 35.3 Å². The number of fused-ring (bicyclic) bond motifs is 1. The van der Waals surface area contributed by atoms with E-state index in [0.29, 0.717) is 15.6 Å². The van der Waals surface area contributed by atoms with E-state index in [2.05, 4.69) is 18.2 Å². The second kappa shape index (κ2) is 6.45. The van der Waals surface area contributed by atoms with Crippen molar-refractivity contribution in [1.82, 2.24) is 0 Å². The Morgan fingerprint density at radius 2 is 1.88 bits per heavy atom. The number of allylic oxidation sites excluding steroid dienone is 4. The predicted octanol–water partition coefficient (Wildman–Crippen LogP) is 4.59. The van der Waals surface area contributed by atoms with E-state index in [4.69, 9.17) is 28.9 Å². The van der Waals surface area contributed by atoms with Crippen molar-refractivity contribution in [3.05, 3.63) is 56.7 Å². The van der Waals surface area contributed by atoms with Gasteiger partial charge in [0.2, 0.25) is 0 Å². The molecule has 2 N–H and O–H groups in total. The highest BCUT2D eigenvalue weighted by Crippen LogP contribution is 2.56. The van der Waals surface area contributed by atoms with Crippen LogP contribution in [0.15, 0.2) is 41.1 Å². The summed E-state index contributed by atoms with van der Waals surface area (Å²) >= 11 is 12.4. The standard InChI is InChI=1S/C19H14Cl2N4/c20-11-5-6-14(16(21)7-11)17-13-4-2-1-3-12(13)15(8-22)18(25)19(17,9-23)10-24/h3,5-7,13,17H,1-2,4,25H2/t13-,17-/m0/s1. The second-order valence-corrected chi connectivity index (χ2v) is 7.12. The molecule has 0 heterocycles. The minimum Gasteiger partial charge on any atom is -0.399 e. The Morgan fingerprint density at radius 1 is 1.16 bits per heavy atom. The molecule has 6 heteroatoms. The van der Waals surface area contributed by atoms with Crippen molar-refractivity contribution in [3.63, 3.8) is 0 Å². The van der Waals surface area contributed by atoms with Crippen LogP contribution in [0.5, 0.6) is 0 Å². The molecule has 1 aromatic carbocycles. The van der Waals surface area contributed by atoms with Crippen LogP contribution in [0.1, 0.15) is 30.7 Å². The minimum absolute atomic E-state index is 0.0143. The second-order valence-electron chi connectivity index (χ2n) is 6.27. The molecule has 2 aliphatic carbocycles. The lowest BCUT2D eigenvalue weighted by Gasteiger charge is -2.43. The first-order valence-electron chi connectivity index (χ1n) is 7.88. The van der Waals surface area contributed by atoms with Gasteiger partial charge in [0, 0.05) is 16.0 Å². The number of nitrogens with two attached hydrogens (primary N) is 1. The summed E-state index contributed by atoms with van der Waals surface area (Å²) in [5.41, 5.74) is 6.32. The summed E-state index contributed by atoms with van der Waals surface area (Å²) in [5, 5.41) is 30.3. The maximum Gasteiger partial charge on any atom is 0.191 e. The molecule has 0 aromatic heterocycles. The molecule has 0 radical (unpaired) electrons. The molecule has 0 unspecified atom stereocenters. The number of nitriles is 3. The summed E-state index contributed by atoms with van der Waals surface area (Å²) in [7, 11) is 0. The van der Waals surface area contributed by atoms with E-state index in [1.165, 1.54) is 0 Å². The summed E-state index contributed by atoms with van der Waals surface area (Å²) < 4.78 is 0. The molecule has 0 bridgehead atoms. The largest absolute Gasteiger partial charge is 0.399 e. The molecule has 0 aliphatic heterocycles. The van der Waals surface area contributed by atoms with E-state index < -0.39 is 11.3 Å². The van der Waals surface area contributed by atoms with Gasteiger partial charge in [-0.25, -0.2) is 0 Å². The molecule has 4 nitrogen and oxygen atoms in total. The fraction of sp³-hybridized carbons (Fsp3) is 0.316. The lowest BCUT2D eigenvalue weighted by atomic mass is 9.57.